The summed E-state index contributed by atoms with van der Waals surface area (Å²) in [7, 11) is 0. The van der Waals surface area contributed by atoms with Crippen molar-refractivity contribution < 1.29 is 0 Å². The summed E-state index contributed by atoms with van der Waals surface area (Å²) < 4.78 is 1.06. The zero-order valence-electron chi connectivity index (χ0n) is 7.11. The molecule has 0 amide bonds. The number of guanidine groups is 1. The molecule has 0 atom stereocenters. The van der Waals surface area contributed by atoms with Crippen molar-refractivity contribution in [2.75, 3.05) is 0 Å². The second kappa shape index (κ2) is 5.16. The average molecular weight is 323 g/mol. The first-order chi connectivity index (χ1) is 6.59. The van der Waals surface area contributed by atoms with Crippen LogP contribution in [0.2, 0.25) is 5.02 Å². The Kier molecular flexibility index (Phi) is 4.15. The van der Waals surface area contributed by atoms with E-state index in [1.807, 2.05) is 18.2 Å². The van der Waals surface area contributed by atoms with E-state index < -0.39 is 0 Å². The van der Waals surface area contributed by atoms with Gasteiger partial charge in [-0.15, -0.1) is 5.10 Å². The van der Waals surface area contributed by atoms with Crippen LogP contribution in [0, 0.1) is 3.57 Å². The van der Waals surface area contributed by atoms with Gasteiger partial charge in [0, 0.05) is 9.13 Å². The van der Waals surface area contributed by atoms with Gasteiger partial charge in [0.05, 0.1) is 11.2 Å². The fourth-order valence-corrected chi connectivity index (χ4v) is 1.67. The summed E-state index contributed by atoms with van der Waals surface area (Å²) in [6.07, 6.45) is 1.50. The predicted octanol–water partition coefficient (Wildman–Crippen LogP) is 1.55. The third-order valence-electron chi connectivity index (χ3n) is 1.33. The normalized spacial score (nSPS) is 10.4. The number of halogens is 2. The molecule has 0 saturated carbocycles. The quantitative estimate of drug-likeness (QED) is 0.375. The van der Waals surface area contributed by atoms with Crippen LogP contribution in [-0.4, -0.2) is 12.2 Å². The number of benzene rings is 1. The molecule has 1 aromatic carbocycles. The average Bonchev–Trinajstić information content (AvgIpc) is 2.08. The Balaban J connectivity index is 2.87. The fourth-order valence-electron chi connectivity index (χ4n) is 0.764. The maximum absolute atomic E-state index is 5.94. The molecule has 1 aromatic rings. The van der Waals surface area contributed by atoms with Crippen molar-refractivity contribution in [2.24, 2.45) is 21.7 Å². The van der Waals surface area contributed by atoms with Gasteiger partial charge < -0.3 is 11.5 Å². The van der Waals surface area contributed by atoms with Gasteiger partial charge in [-0.2, -0.15) is 5.10 Å². The Morgan fingerprint density at radius 3 is 2.71 bits per heavy atom. The second-order valence-corrected chi connectivity index (χ2v) is 4.09. The minimum absolute atomic E-state index is 0.0807. The molecule has 4 N–H and O–H groups in total. The first-order valence-corrected chi connectivity index (χ1v) is 5.12. The van der Waals surface area contributed by atoms with Crippen LogP contribution in [0.3, 0.4) is 0 Å². The van der Waals surface area contributed by atoms with E-state index in [4.69, 9.17) is 23.1 Å². The van der Waals surface area contributed by atoms with Crippen LogP contribution in [-0.2, 0) is 0 Å². The summed E-state index contributed by atoms with van der Waals surface area (Å²) in [5, 5.41) is 7.74. The third kappa shape index (κ3) is 3.51. The molecule has 1 rings (SSSR count). The van der Waals surface area contributed by atoms with Crippen LogP contribution in [0.4, 0.5) is 0 Å². The highest BCUT2D eigenvalue weighted by Gasteiger charge is 1.96. The molecular formula is C8H8ClIN4. The van der Waals surface area contributed by atoms with Crippen molar-refractivity contribution in [3.05, 3.63) is 32.4 Å². The van der Waals surface area contributed by atoms with Crippen LogP contribution >= 0.6 is 34.2 Å². The number of nitrogens with two attached hydrogens (primary N) is 2. The molecule has 0 aliphatic heterocycles. The van der Waals surface area contributed by atoms with Crippen LogP contribution in [0.1, 0.15) is 5.56 Å². The summed E-state index contributed by atoms with van der Waals surface area (Å²) in [5.74, 6) is -0.0807. The Labute approximate surface area is 100 Å². The maximum Gasteiger partial charge on any atom is 0.211 e. The van der Waals surface area contributed by atoms with Crippen molar-refractivity contribution in [1.82, 2.24) is 0 Å². The van der Waals surface area contributed by atoms with Gasteiger partial charge in [-0.1, -0.05) is 17.7 Å². The second-order valence-electron chi connectivity index (χ2n) is 2.44. The topological polar surface area (TPSA) is 76.8 Å². The first kappa shape index (κ1) is 11.3. The zero-order chi connectivity index (χ0) is 10.6. The minimum Gasteiger partial charge on any atom is -0.369 e. The van der Waals surface area contributed by atoms with Gasteiger partial charge >= 0.3 is 0 Å². The molecule has 0 aliphatic carbocycles. The molecule has 0 unspecified atom stereocenters. The minimum atomic E-state index is -0.0807. The molecular weight excluding hydrogens is 314 g/mol. The van der Waals surface area contributed by atoms with E-state index in [1.54, 1.807) is 0 Å². The van der Waals surface area contributed by atoms with Crippen molar-refractivity contribution >= 4 is 46.4 Å². The lowest BCUT2D eigenvalue weighted by atomic mass is 10.2. The van der Waals surface area contributed by atoms with Gasteiger partial charge in [0.2, 0.25) is 5.96 Å². The molecule has 0 spiro atoms. The van der Waals surface area contributed by atoms with Gasteiger partial charge in [-0.05, 0) is 34.7 Å². The van der Waals surface area contributed by atoms with E-state index in [-0.39, 0.29) is 5.96 Å². The molecule has 0 aliphatic rings. The van der Waals surface area contributed by atoms with E-state index in [1.165, 1.54) is 6.21 Å². The predicted molar refractivity (Wildman–Crippen MR) is 67.6 cm³/mol. The molecule has 0 saturated heterocycles. The molecule has 4 nitrogen and oxygen atoms in total. The Bertz CT molecular complexity index is 385. The lowest BCUT2D eigenvalue weighted by Gasteiger charge is -1.96. The third-order valence-corrected chi connectivity index (χ3v) is 2.33. The van der Waals surface area contributed by atoms with E-state index in [2.05, 4.69) is 32.8 Å². The van der Waals surface area contributed by atoms with Gasteiger partial charge in [0.15, 0.2) is 0 Å². The zero-order valence-corrected chi connectivity index (χ0v) is 10.0. The van der Waals surface area contributed by atoms with E-state index >= 15 is 0 Å². The first-order valence-electron chi connectivity index (χ1n) is 3.66. The molecule has 0 aromatic heterocycles. The maximum atomic E-state index is 5.94. The number of rotatable bonds is 2. The number of nitrogens with zero attached hydrogens (tertiary/aromatic N) is 2. The van der Waals surface area contributed by atoms with Crippen molar-refractivity contribution in [1.29, 1.82) is 0 Å². The highest BCUT2D eigenvalue weighted by molar-refractivity contribution is 14.1. The summed E-state index contributed by atoms with van der Waals surface area (Å²) in [6, 6.07) is 5.60. The Hall–Kier alpha value is -0.820. The molecule has 0 heterocycles. The van der Waals surface area contributed by atoms with Gasteiger partial charge in [0.1, 0.15) is 0 Å². The molecule has 14 heavy (non-hydrogen) atoms. The summed E-state index contributed by atoms with van der Waals surface area (Å²) in [6.45, 7) is 0. The van der Waals surface area contributed by atoms with Crippen LogP contribution in [0.25, 0.3) is 0 Å². The Morgan fingerprint density at radius 2 is 2.14 bits per heavy atom. The van der Waals surface area contributed by atoms with Gasteiger partial charge in [-0.3, -0.25) is 0 Å². The standard InChI is InChI=1S/C8H8ClIN4/c9-7-3-6(10)2-1-5(7)4-13-14-8(11)12/h1-4H,(H4,11,12,14). The monoisotopic (exact) mass is 322 g/mol. The molecule has 0 radical (unpaired) electrons. The summed E-state index contributed by atoms with van der Waals surface area (Å²) in [4.78, 5) is 0. The summed E-state index contributed by atoms with van der Waals surface area (Å²) >= 11 is 8.11. The Morgan fingerprint density at radius 1 is 1.43 bits per heavy atom. The van der Waals surface area contributed by atoms with E-state index in [9.17, 15) is 0 Å². The van der Waals surface area contributed by atoms with E-state index in [0.717, 1.165) is 9.13 Å². The lowest BCUT2D eigenvalue weighted by molar-refractivity contribution is 1.21. The number of hydrogen-bond acceptors (Lipinski definition) is 2. The van der Waals surface area contributed by atoms with E-state index in [0.29, 0.717) is 5.02 Å². The van der Waals surface area contributed by atoms with Crippen LogP contribution in [0.5, 0.6) is 0 Å². The highest BCUT2D eigenvalue weighted by Crippen LogP contribution is 2.17. The lowest BCUT2D eigenvalue weighted by Crippen LogP contribution is -2.21. The smallest absolute Gasteiger partial charge is 0.211 e. The van der Waals surface area contributed by atoms with Crippen LogP contribution in [0.15, 0.2) is 28.4 Å². The molecule has 6 heteroatoms. The number of hydrogen-bond donors (Lipinski definition) is 2. The van der Waals surface area contributed by atoms with Crippen molar-refractivity contribution in [3.63, 3.8) is 0 Å². The molecule has 0 bridgehead atoms. The van der Waals surface area contributed by atoms with Crippen molar-refractivity contribution in [3.8, 4) is 0 Å². The molecule has 0 fully saturated rings. The van der Waals surface area contributed by atoms with Gasteiger partial charge in [0.25, 0.3) is 0 Å². The molecule has 74 valence electrons. The van der Waals surface area contributed by atoms with Gasteiger partial charge in [-0.25, -0.2) is 0 Å². The van der Waals surface area contributed by atoms with Crippen molar-refractivity contribution in [2.45, 2.75) is 0 Å². The SMILES string of the molecule is NC(N)=NN=Cc1ccc(I)cc1Cl. The highest BCUT2D eigenvalue weighted by atomic mass is 127. The summed E-state index contributed by atoms with van der Waals surface area (Å²) in [5.41, 5.74) is 11.0. The fraction of sp³-hybridized carbons (Fsp3) is 0. The largest absolute Gasteiger partial charge is 0.369 e. The van der Waals surface area contributed by atoms with Crippen LogP contribution < -0.4 is 11.5 Å².